The van der Waals surface area contributed by atoms with Crippen LogP contribution < -0.4 is 0 Å². The highest BCUT2D eigenvalue weighted by atomic mass is 16.5. The minimum Gasteiger partial charge on any atom is -0.378 e. The maximum Gasteiger partial charge on any atom is 0.0612 e. The van der Waals surface area contributed by atoms with Crippen LogP contribution in [0, 0.1) is 46.3 Å². The SMILES string of the molecule is CCOC1CC[C@@]2(C)C(=CCC3C4CCC(C(C)CCCC(C)C)[C@@]4(C)CCC32)C1. The molecule has 30 heavy (non-hydrogen) atoms. The molecule has 0 radical (unpaired) electrons. The summed E-state index contributed by atoms with van der Waals surface area (Å²) in [7, 11) is 0. The highest BCUT2D eigenvalue weighted by Crippen LogP contribution is 2.67. The van der Waals surface area contributed by atoms with Crippen molar-refractivity contribution < 1.29 is 4.74 Å². The number of rotatable bonds is 7. The zero-order chi connectivity index (χ0) is 21.5. The summed E-state index contributed by atoms with van der Waals surface area (Å²) >= 11 is 0. The Balaban J connectivity index is 1.47. The van der Waals surface area contributed by atoms with Crippen molar-refractivity contribution in [2.45, 2.75) is 118 Å². The molecule has 0 spiro atoms. The van der Waals surface area contributed by atoms with Gasteiger partial charge in [0.15, 0.2) is 0 Å². The molecule has 1 heteroatoms. The molecule has 4 aliphatic carbocycles. The van der Waals surface area contributed by atoms with E-state index in [9.17, 15) is 0 Å². The number of hydrogen-bond acceptors (Lipinski definition) is 1. The van der Waals surface area contributed by atoms with Crippen molar-refractivity contribution in [1.29, 1.82) is 0 Å². The minimum atomic E-state index is 0.471. The molecule has 172 valence electrons. The smallest absolute Gasteiger partial charge is 0.0612 e. The van der Waals surface area contributed by atoms with E-state index in [-0.39, 0.29) is 0 Å². The lowest BCUT2D eigenvalue weighted by molar-refractivity contribution is -0.0630. The number of allylic oxidation sites excluding steroid dienone is 1. The van der Waals surface area contributed by atoms with Gasteiger partial charge in [-0.15, -0.1) is 0 Å². The Labute approximate surface area is 187 Å². The average Bonchev–Trinajstić information content (AvgIpc) is 3.05. The predicted molar refractivity (Wildman–Crippen MR) is 128 cm³/mol. The van der Waals surface area contributed by atoms with Crippen molar-refractivity contribution in [1.82, 2.24) is 0 Å². The van der Waals surface area contributed by atoms with Gasteiger partial charge < -0.3 is 4.74 Å². The van der Waals surface area contributed by atoms with Crippen molar-refractivity contribution in [3.05, 3.63) is 11.6 Å². The molecule has 0 aliphatic heterocycles. The molecule has 0 heterocycles. The largest absolute Gasteiger partial charge is 0.378 e. The Kier molecular flexibility index (Phi) is 6.80. The van der Waals surface area contributed by atoms with Gasteiger partial charge in [0.1, 0.15) is 0 Å². The molecular formula is C29H50O. The topological polar surface area (TPSA) is 9.23 Å². The van der Waals surface area contributed by atoms with E-state index in [0.29, 0.717) is 16.9 Å². The third-order valence-electron chi connectivity index (χ3n) is 10.7. The Bertz CT molecular complexity index is 620. The third kappa shape index (κ3) is 3.95. The Morgan fingerprint density at radius 2 is 1.80 bits per heavy atom. The quantitative estimate of drug-likeness (QED) is 0.380. The zero-order valence-corrected chi connectivity index (χ0v) is 21.0. The Hall–Kier alpha value is -0.300. The molecule has 0 aromatic carbocycles. The summed E-state index contributed by atoms with van der Waals surface area (Å²) in [6.07, 6.45) is 18.7. The summed E-state index contributed by atoms with van der Waals surface area (Å²) in [5.41, 5.74) is 2.86. The predicted octanol–water partition coefficient (Wildman–Crippen LogP) is 8.43. The Morgan fingerprint density at radius 1 is 1.00 bits per heavy atom. The Morgan fingerprint density at radius 3 is 2.53 bits per heavy atom. The van der Waals surface area contributed by atoms with Crippen LogP contribution in [0.4, 0.5) is 0 Å². The average molecular weight is 415 g/mol. The van der Waals surface area contributed by atoms with Crippen LogP contribution in [-0.2, 0) is 4.74 Å². The molecule has 4 rings (SSSR count). The van der Waals surface area contributed by atoms with Crippen molar-refractivity contribution in [2.75, 3.05) is 6.61 Å². The van der Waals surface area contributed by atoms with Crippen LogP contribution in [0.3, 0.4) is 0 Å². The van der Waals surface area contributed by atoms with Crippen molar-refractivity contribution >= 4 is 0 Å². The highest BCUT2D eigenvalue weighted by molar-refractivity contribution is 5.25. The molecule has 3 fully saturated rings. The fourth-order valence-electron chi connectivity index (χ4n) is 9.03. The first kappa shape index (κ1) is 22.9. The van der Waals surface area contributed by atoms with E-state index in [4.69, 9.17) is 4.74 Å². The van der Waals surface area contributed by atoms with Crippen molar-refractivity contribution in [3.8, 4) is 0 Å². The second-order valence-corrected chi connectivity index (χ2v) is 12.6. The summed E-state index contributed by atoms with van der Waals surface area (Å²) in [6, 6.07) is 0. The lowest BCUT2D eigenvalue weighted by Gasteiger charge is -2.58. The molecule has 0 N–H and O–H groups in total. The number of fused-ring (bicyclic) bond motifs is 5. The maximum atomic E-state index is 6.04. The highest BCUT2D eigenvalue weighted by Gasteiger charge is 2.59. The first-order valence-corrected chi connectivity index (χ1v) is 13.6. The van der Waals surface area contributed by atoms with Crippen LogP contribution in [-0.4, -0.2) is 12.7 Å². The fraction of sp³-hybridized carbons (Fsp3) is 0.931. The lowest BCUT2D eigenvalue weighted by Crippen LogP contribution is -2.51. The van der Waals surface area contributed by atoms with E-state index >= 15 is 0 Å². The first-order valence-electron chi connectivity index (χ1n) is 13.6. The van der Waals surface area contributed by atoms with Gasteiger partial charge in [0.25, 0.3) is 0 Å². The van der Waals surface area contributed by atoms with Crippen LogP contribution in [0.5, 0.6) is 0 Å². The van der Waals surface area contributed by atoms with E-state index in [1.165, 1.54) is 70.6 Å². The van der Waals surface area contributed by atoms with Crippen LogP contribution >= 0.6 is 0 Å². The molecule has 0 aromatic rings. The summed E-state index contributed by atoms with van der Waals surface area (Å²) in [5.74, 6) is 5.63. The van der Waals surface area contributed by atoms with Gasteiger partial charge in [0.2, 0.25) is 0 Å². The maximum absolute atomic E-state index is 6.04. The second kappa shape index (κ2) is 8.92. The summed E-state index contributed by atoms with van der Waals surface area (Å²) < 4.78 is 6.04. The molecule has 4 aliphatic rings. The summed E-state index contributed by atoms with van der Waals surface area (Å²) in [6.45, 7) is 15.7. The number of hydrogen-bond donors (Lipinski definition) is 0. The molecule has 1 nitrogen and oxygen atoms in total. The van der Waals surface area contributed by atoms with Gasteiger partial charge >= 0.3 is 0 Å². The zero-order valence-electron chi connectivity index (χ0n) is 21.0. The van der Waals surface area contributed by atoms with E-state index < -0.39 is 0 Å². The van der Waals surface area contributed by atoms with Crippen LogP contribution in [0.2, 0.25) is 0 Å². The molecule has 8 atom stereocenters. The third-order valence-corrected chi connectivity index (χ3v) is 10.7. The van der Waals surface area contributed by atoms with Crippen molar-refractivity contribution in [3.63, 3.8) is 0 Å². The van der Waals surface area contributed by atoms with E-state index in [1.807, 2.05) is 0 Å². The van der Waals surface area contributed by atoms with Gasteiger partial charge in [0, 0.05) is 6.61 Å². The molecule has 0 saturated heterocycles. The molecule has 0 aromatic heterocycles. The van der Waals surface area contributed by atoms with Gasteiger partial charge in [-0.25, -0.2) is 0 Å². The van der Waals surface area contributed by atoms with Crippen LogP contribution in [0.25, 0.3) is 0 Å². The standard InChI is InChI=1S/C29H50O/c1-7-30-23-15-17-28(5)22(19-23)11-12-24-26-14-13-25(21(4)10-8-9-20(2)3)29(26,6)18-16-27(24)28/h11,20-21,23-27H,7-10,12-19H2,1-6H3/t21?,23?,24?,25?,26?,27?,28-,29+/m0/s1. The van der Waals surface area contributed by atoms with E-state index in [0.717, 1.165) is 42.1 Å². The van der Waals surface area contributed by atoms with Gasteiger partial charge in [-0.1, -0.05) is 65.5 Å². The first-order chi connectivity index (χ1) is 14.3. The summed E-state index contributed by atoms with van der Waals surface area (Å²) in [5, 5.41) is 0. The van der Waals surface area contributed by atoms with Gasteiger partial charge in [-0.3, -0.25) is 0 Å². The van der Waals surface area contributed by atoms with Gasteiger partial charge in [0.05, 0.1) is 6.10 Å². The second-order valence-electron chi connectivity index (χ2n) is 12.6. The minimum absolute atomic E-state index is 0.471. The molecular weight excluding hydrogens is 364 g/mol. The summed E-state index contributed by atoms with van der Waals surface area (Å²) in [4.78, 5) is 0. The fourth-order valence-corrected chi connectivity index (χ4v) is 9.03. The van der Waals surface area contributed by atoms with Crippen LogP contribution in [0.1, 0.15) is 112 Å². The van der Waals surface area contributed by atoms with E-state index in [2.05, 4.69) is 47.6 Å². The van der Waals surface area contributed by atoms with Crippen LogP contribution in [0.15, 0.2) is 11.6 Å². The van der Waals surface area contributed by atoms with Gasteiger partial charge in [-0.2, -0.15) is 0 Å². The van der Waals surface area contributed by atoms with Gasteiger partial charge in [-0.05, 0) is 105 Å². The monoisotopic (exact) mass is 414 g/mol. The molecule has 3 saturated carbocycles. The molecule has 0 bridgehead atoms. The lowest BCUT2D eigenvalue weighted by atomic mass is 9.47. The van der Waals surface area contributed by atoms with E-state index in [1.54, 1.807) is 5.57 Å². The molecule has 0 amide bonds. The normalized spacial score (nSPS) is 44.2. The number of ether oxygens (including phenoxy) is 1. The van der Waals surface area contributed by atoms with Crippen molar-refractivity contribution in [2.24, 2.45) is 46.3 Å². The molecule has 6 unspecified atom stereocenters.